The lowest BCUT2D eigenvalue weighted by atomic mass is 10.1. The SMILES string of the molecule is NC1CCC(n2cc(-c3ccccc3)cn2)C1. The first-order valence-electron chi connectivity index (χ1n) is 6.18. The van der Waals surface area contributed by atoms with Gasteiger partial charge in [0.05, 0.1) is 12.2 Å². The minimum atomic E-state index is 0.351. The Kier molecular flexibility index (Phi) is 2.69. The lowest BCUT2D eigenvalue weighted by Crippen LogP contribution is -2.16. The van der Waals surface area contributed by atoms with Gasteiger partial charge in [-0.1, -0.05) is 30.3 Å². The predicted octanol–water partition coefficient (Wildman–Crippen LogP) is 2.60. The molecule has 0 radical (unpaired) electrons. The highest BCUT2D eigenvalue weighted by Crippen LogP contribution is 2.29. The summed E-state index contributed by atoms with van der Waals surface area (Å²) in [7, 11) is 0. The molecule has 17 heavy (non-hydrogen) atoms. The van der Waals surface area contributed by atoms with Gasteiger partial charge < -0.3 is 5.73 Å². The Balaban J connectivity index is 1.84. The molecule has 0 bridgehead atoms. The molecule has 1 fully saturated rings. The fourth-order valence-corrected chi connectivity index (χ4v) is 2.55. The van der Waals surface area contributed by atoms with Crippen LogP contribution in [0.2, 0.25) is 0 Å². The monoisotopic (exact) mass is 227 g/mol. The van der Waals surface area contributed by atoms with Gasteiger partial charge in [-0.3, -0.25) is 4.68 Å². The molecule has 1 heterocycles. The van der Waals surface area contributed by atoms with E-state index in [1.54, 1.807) is 0 Å². The summed E-state index contributed by atoms with van der Waals surface area (Å²) in [4.78, 5) is 0. The molecule has 1 saturated carbocycles. The fraction of sp³-hybridized carbons (Fsp3) is 0.357. The first-order chi connectivity index (χ1) is 8.33. The van der Waals surface area contributed by atoms with Crippen molar-refractivity contribution in [1.82, 2.24) is 9.78 Å². The van der Waals surface area contributed by atoms with Gasteiger partial charge in [0, 0.05) is 17.8 Å². The van der Waals surface area contributed by atoms with Crippen LogP contribution in [0, 0.1) is 0 Å². The van der Waals surface area contributed by atoms with Gasteiger partial charge in [0.2, 0.25) is 0 Å². The lowest BCUT2D eigenvalue weighted by Gasteiger charge is -2.09. The smallest absolute Gasteiger partial charge is 0.0568 e. The zero-order valence-electron chi connectivity index (χ0n) is 9.79. The van der Waals surface area contributed by atoms with Gasteiger partial charge >= 0.3 is 0 Å². The lowest BCUT2D eigenvalue weighted by molar-refractivity contribution is 0.461. The van der Waals surface area contributed by atoms with Crippen molar-refractivity contribution < 1.29 is 0 Å². The Labute approximate surface area is 101 Å². The van der Waals surface area contributed by atoms with Gasteiger partial charge in [-0.2, -0.15) is 5.10 Å². The summed E-state index contributed by atoms with van der Waals surface area (Å²) >= 11 is 0. The van der Waals surface area contributed by atoms with E-state index in [-0.39, 0.29) is 0 Å². The molecule has 0 saturated heterocycles. The van der Waals surface area contributed by atoms with Crippen molar-refractivity contribution in [3.8, 4) is 11.1 Å². The van der Waals surface area contributed by atoms with Crippen molar-refractivity contribution in [1.29, 1.82) is 0 Å². The van der Waals surface area contributed by atoms with Crippen molar-refractivity contribution in [2.45, 2.75) is 31.3 Å². The second-order valence-electron chi connectivity index (χ2n) is 4.80. The van der Waals surface area contributed by atoms with Gasteiger partial charge in [0.15, 0.2) is 0 Å². The van der Waals surface area contributed by atoms with Crippen molar-refractivity contribution in [2.75, 3.05) is 0 Å². The average molecular weight is 227 g/mol. The Morgan fingerprint density at radius 1 is 1.12 bits per heavy atom. The molecule has 2 unspecified atom stereocenters. The highest BCUT2D eigenvalue weighted by atomic mass is 15.3. The average Bonchev–Trinajstić information content (AvgIpc) is 2.98. The summed E-state index contributed by atoms with van der Waals surface area (Å²) in [5.41, 5.74) is 8.35. The Hall–Kier alpha value is -1.61. The molecule has 1 aliphatic carbocycles. The molecule has 3 heteroatoms. The van der Waals surface area contributed by atoms with Gasteiger partial charge in [0.25, 0.3) is 0 Å². The maximum Gasteiger partial charge on any atom is 0.0568 e. The molecule has 0 spiro atoms. The molecule has 2 N–H and O–H groups in total. The second-order valence-corrected chi connectivity index (χ2v) is 4.80. The number of nitrogens with zero attached hydrogens (tertiary/aromatic N) is 2. The molecule has 3 nitrogen and oxygen atoms in total. The van der Waals surface area contributed by atoms with E-state index < -0.39 is 0 Å². The van der Waals surface area contributed by atoms with E-state index in [0.717, 1.165) is 19.3 Å². The number of nitrogens with two attached hydrogens (primary N) is 1. The zero-order chi connectivity index (χ0) is 11.7. The summed E-state index contributed by atoms with van der Waals surface area (Å²) in [6.07, 6.45) is 7.40. The molecule has 88 valence electrons. The summed E-state index contributed by atoms with van der Waals surface area (Å²) in [6, 6.07) is 11.2. The molecular weight excluding hydrogens is 210 g/mol. The van der Waals surface area contributed by atoms with E-state index in [2.05, 4.69) is 40.2 Å². The van der Waals surface area contributed by atoms with E-state index >= 15 is 0 Å². The predicted molar refractivity (Wildman–Crippen MR) is 68.5 cm³/mol. The van der Waals surface area contributed by atoms with Crippen LogP contribution < -0.4 is 5.73 Å². The summed E-state index contributed by atoms with van der Waals surface area (Å²) in [6.45, 7) is 0. The number of hydrogen-bond donors (Lipinski definition) is 1. The first kappa shape index (κ1) is 10.5. The van der Waals surface area contributed by atoms with E-state index in [9.17, 15) is 0 Å². The Morgan fingerprint density at radius 2 is 1.94 bits per heavy atom. The maximum atomic E-state index is 5.94. The first-order valence-corrected chi connectivity index (χ1v) is 6.18. The van der Waals surface area contributed by atoms with Crippen LogP contribution in [0.1, 0.15) is 25.3 Å². The van der Waals surface area contributed by atoms with E-state index in [4.69, 9.17) is 5.73 Å². The molecule has 0 amide bonds. The van der Waals surface area contributed by atoms with Gasteiger partial charge in [-0.15, -0.1) is 0 Å². The Bertz CT molecular complexity index is 489. The van der Waals surface area contributed by atoms with Crippen molar-refractivity contribution in [3.05, 3.63) is 42.7 Å². The van der Waals surface area contributed by atoms with Crippen LogP contribution in [0.3, 0.4) is 0 Å². The number of benzene rings is 1. The zero-order valence-corrected chi connectivity index (χ0v) is 9.79. The van der Waals surface area contributed by atoms with Gasteiger partial charge in [0.1, 0.15) is 0 Å². The van der Waals surface area contributed by atoms with Crippen molar-refractivity contribution in [3.63, 3.8) is 0 Å². The molecule has 1 aromatic carbocycles. The molecule has 2 aromatic rings. The molecule has 2 atom stereocenters. The third-order valence-electron chi connectivity index (χ3n) is 3.53. The van der Waals surface area contributed by atoms with E-state index in [1.165, 1.54) is 11.1 Å². The number of rotatable bonds is 2. The van der Waals surface area contributed by atoms with Crippen LogP contribution in [0.15, 0.2) is 42.7 Å². The summed E-state index contributed by atoms with van der Waals surface area (Å²) < 4.78 is 2.08. The highest BCUT2D eigenvalue weighted by Gasteiger charge is 2.23. The van der Waals surface area contributed by atoms with Crippen LogP contribution >= 0.6 is 0 Å². The van der Waals surface area contributed by atoms with Gasteiger partial charge in [-0.05, 0) is 24.8 Å². The van der Waals surface area contributed by atoms with Crippen LogP contribution in [-0.2, 0) is 0 Å². The summed E-state index contributed by atoms with van der Waals surface area (Å²) in [5.74, 6) is 0. The summed E-state index contributed by atoms with van der Waals surface area (Å²) in [5, 5.41) is 4.47. The molecule has 3 rings (SSSR count). The van der Waals surface area contributed by atoms with Crippen LogP contribution in [-0.4, -0.2) is 15.8 Å². The molecule has 1 aromatic heterocycles. The molecular formula is C14H17N3. The quantitative estimate of drug-likeness (QED) is 0.857. The van der Waals surface area contributed by atoms with Crippen molar-refractivity contribution in [2.24, 2.45) is 5.73 Å². The second kappa shape index (κ2) is 4.34. The minimum Gasteiger partial charge on any atom is -0.328 e. The standard InChI is InChI=1S/C14H17N3/c15-13-6-7-14(8-13)17-10-12(9-16-17)11-4-2-1-3-5-11/h1-5,9-10,13-14H,6-8,15H2. The van der Waals surface area contributed by atoms with Gasteiger partial charge in [-0.25, -0.2) is 0 Å². The Morgan fingerprint density at radius 3 is 2.65 bits per heavy atom. The van der Waals surface area contributed by atoms with E-state index in [0.29, 0.717) is 12.1 Å². The van der Waals surface area contributed by atoms with Crippen LogP contribution in [0.25, 0.3) is 11.1 Å². The highest BCUT2D eigenvalue weighted by molar-refractivity contribution is 5.61. The third-order valence-corrected chi connectivity index (χ3v) is 3.53. The number of hydrogen-bond acceptors (Lipinski definition) is 2. The van der Waals surface area contributed by atoms with Crippen LogP contribution in [0.4, 0.5) is 0 Å². The minimum absolute atomic E-state index is 0.351. The molecule has 1 aliphatic rings. The van der Waals surface area contributed by atoms with Crippen LogP contribution in [0.5, 0.6) is 0 Å². The third kappa shape index (κ3) is 2.11. The topological polar surface area (TPSA) is 43.8 Å². The number of aromatic nitrogens is 2. The largest absolute Gasteiger partial charge is 0.328 e. The van der Waals surface area contributed by atoms with E-state index in [1.807, 2.05) is 12.3 Å². The normalized spacial score (nSPS) is 24.1. The maximum absolute atomic E-state index is 5.94. The van der Waals surface area contributed by atoms with Crippen molar-refractivity contribution >= 4 is 0 Å². The molecule has 0 aliphatic heterocycles. The fourth-order valence-electron chi connectivity index (χ4n) is 2.55.